The Labute approximate surface area is 389 Å². The van der Waals surface area contributed by atoms with Gasteiger partial charge >= 0.3 is 0 Å². The number of furan rings is 1. The van der Waals surface area contributed by atoms with E-state index in [0.29, 0.717) is 33.5 Å². The first-order chi connectivity index (χ1) is 38.4. The average Bonchev–Trinajstić information content (AvgIpc) is 4.38. The summed E-state index contributed by atoms with van der Waals surface area (Å²) in [7, 11) is 0. The predicted octanol–water partition coefficient (Wildman–Crippen LogP) is 15.6. The van der Waals surface area contributed by atoms with Crippen LogP contribution in [0.25, 0.3) is 127 Å². The van der Waals surface area contributed by atoms with E-state index in [9.17, 15) is 11.0 Å². The van der Waals surface area contributed by atoms with Gasteiger partial charge in [-0.25, -0.2) is 4.98 Å². The Hall–Kier alpha value is -8.67. The monoisotopic (exact) mass is 832 g/mol. The highest BCUT2D eigenvalue weighted by atomic mass is 16.3. The van der Waals surface area contributed by atoms with Gasteiger partial charge in [0.2, 0.25) is 0 Å². The quantitative estimate of drug-likeness (QED) is 0.173. The van der Waals surface area contributed by atoms with Crippen molar-refractivity contribution in [3.63, 3.8) is 0 Å². The van der Waals surface area contributed by atoms with Crippen molar-refractivity contribution in [1.82, 2.24) is 18.7 Å². The van der Waals surface area contributed by atoms with E-state index in [2.05, 4.69) is 4.57 Å². The fourth-order valence-electron chi connectivity index (χ4n) is 9.60. The van der Waals surface area contributed by atoms with Crippen LogP contribution >= 0.6 is 0 Å². The lowest BCUT2D eigenvalue weighted by Gasteiger charge is -2.20. The van der Waals surface area contributed by atoms with E-state index in [-0.39, 0.29) is 60.8 Å². The molecule has 0 fully saturated rings. The van der Waals surface area contributed by atoms with Crippen LogP contribution in [0.2, 0.25) is 0 Å². The van der Waals surface area contributed by atoms with Crippen molar-refractivity contribution < 1.29 is 26.3 Å². The minimum Gasteiger partial charge on any atom is -0.456 e. The van der Waals surface area contributed by atoms with E-state index in [1.54, 1.807) is 6.07 Å². The molecular formula is C59H36N4O. The summed E-state index contributed by atoms with van der Waals surface area (Å²) in [6.07, 6.45) is 0. The first-order valence-corrected chi connectivity index (χ1v) is 20.5. The van der Waals surface area contributed by atoms with Crippen molar-refractivity contribution in [3.05, 3.63) is 218 Å². The maximum Gasteiger partial charge on any atom is 0.140 e. The number of aromatic nitrogens is 4. The molecule has 5 nitrogen and oxygen atoms in total. The summed E-state index contributed by atoms with van der Waals surface area (Å²) in [5.74, 6) is -0.195. The molecule has 0 radical (unpaired) electrons. The molecule has 0 saturated heterocycles. The number of fused-ring (bicyclic) bond motifs is 12. The molecule has 5 heterocycles. The Morgan fingerprint density at radius 1 is 0.391 bits per heavy atom. The third-order valence-corrected chi connectivity index (χ3v) is 12.2. The molecule has 0 aliphatic heterocycles. The Balaban J connectivity index is 1.26. The van der Waals surface area contributed by atoms with E-state index in [4.69, 9.17) is 20.4 Å². The second-order valence-corrected chi connectivity index (χ2v) is 15.5. The van der Waals surface area contributed by atoms with Gasteiger partial charge in [0.1, 0.15) is 17.0 Å². The molecule has 5 aromatic heterocycles. The summed E-state index contributed by atoms with van der Waals surface area (Å²) >= 11 is 0. The van der Waals surface area contributed by atoms with E-state index < -0.39 is 96.7 Å². The maximum absolute atomic E-state index is 9.54. The molecule has 9 aromatic carbocycles. The molecule has 14 rings (SSSR count). The molecule has 0 bridgehead atoms. The van der Waals surface area contributed by atoms with Crippen LogP contribution in [0.15, 0.2) is 222 Å². The average molecular weight is 833 g/mol. The molecule has 0 spiro atoms. The Morgan fingerprint density at radius 3 is 1.52 bits per heavy atom. The van der Waals surface area contributed by atoms with Gasteiger partial charge in [-0.15, -0.1) is 0 Å². The van der Waals surface area contributed by atoms with Crippen LogP contribution in [0.5, 0.6) is 0 Å². The van der Waals surface area contributed by atoms with Gasteiger partial charge in [-0.05, 0) is 71.7 Å². The normalized spacial score (nSPS) is 15.6. The molecule has 0 atom stereocenters. The van der Waals surface area contributed by atoms with E-state index >= 15 is 0 Å². The van der Waals surface area contributed by atoms with Crippen LogP contribution in [0, 0.1) is 0 Å². The second-order valence-electron chi connectivity index (χ2n) is 15.5. The fourth-order valence-corrected chi connectivity index (χ4v) is 9.60. The summed E-state index contributed by atoms with van der Waals surface area (Å²) in [5, 5.41) is 2.54. The van der Waals surface area contributed by atoms with Crippen LogP contribution < -0.4 is 0 Å². The molecule has 0 saturated carbocycles. The minimum absolute atomic E-state index is 0.00771. The van der Waals surface area contributed by atoms with E-state index in [1.807, 2.05) is 109 Å². The van der Waals surface area contributed by atoms with Gasteiger partial charge in [0, 0.05) is 54.7 Å². The highest BCUT2D eigenvalue weighted by Crippen LogP contribution is 2.46. The topological polar surface area (TPSA) is 40.8 Å². The van der Waals surface area contributed by atoms with Gasteiger partial charge in [-0.3, -0.25) is 4.57 Å². The summed E-state index contributed by atoms with van der Waals surface area (Å²) in [6.45, 7) is 0. The van der Waals surface area contributed by atoms with Gasteiger partial charge in [0.25, 0.3) is 0 Å². The van der Waals surface area contributed by atoms with E-state index in [1.165, 1.54) is 15.2 Å². The third-order valence-electron chi connectivity index (χ3n) is 12.2. The number of pyridine rings is 1. The molecule has 0 amide bonds. The molecule has 5 heteroatoms. The van der Waals surface area contributed by atoms with Gasteiger partial charge in [-0.2, -0.15) is 0 Å². The Kier molecular flexibility index (Phi) is 4.81. The number of rotatable bonds is 5. The molecule has 0 aliphatic rings. The van der Waals surface area contributed by atoms with Gasteiger partial charge < -0.3 is 13.6 Å². The third kappa shape index (κ3) is 4.92. The molecular weight excluding hydrogens is 781 g/mol. The number of benzene rings is 9. The molecule has 64 heavy (non-hydrogen) atoms. The summed E-state index contributed by atoms with van der Waals surface area (Å²) in [5.41, 5.74) is 4.23. The number of nitrogens with zero attached hydrogens (tertiary/aromatic N) is 4. The molecule has 298 valence electrons. The lowest BCUT2D eigenvalue weighted by atomic mass is 9.92. The predicted molar refractivity (Wildman–Crippen MR) is 265 cm³/mol. The van der Waals surface area contributed by atoms with Crippen molar-refractivity contribution in [1.29, 1.82) is 0 Å². The van der Waals surface area contributed by atoms with Crippen LogP contribution in [0.1, 0.15) is 21.9 Å². The van der Waals surface area contributed by atoms with Crippen LogP contribution in [-0.4, -0.2) is 18.7 Å². The smallest absolute Gasteiger partial charge is 0.140 e. The van der Waals surface area contributed by atoms with Crippen LogP contribution in [0.4, 0.5) is 0 Å². The number of hydrogen-bond donors (Lipinski definition) is 0. The summed E-state index contributed by atoms with van der Waals surface area (Å²) in [6, 6.07) is 27.8. The highest BCUT2D eigenvalue weighted by Gasteiger charge is 2.25. The summed E-state index contributed by atoms with van der Waals surface area (Å²) < 4.78 is 158. The standard InChI is InChI=1S/C59H36N4O/c1-8-26-48-38(17-1)39-18-2-9-27-49(39)61(48)37-35-47(60-57(36-37)63-52-30-12-5-21-42(52)43-22-6-13-31-53(43)63)59-45(44-25-16-34-56-58(44)46-23-7-14-33-55(46)64-56)24-15-32-54(59)62-50-28-10-3-19-40(50)41-20-4-11-29-51(41)62/h1-36H/i1D,2D,5D,6D,8D,9D,12D,13D,17D,18D,21D,22D,26D,27D,30D,31D. The SMILES string of the molecule is [2H]c1c([2H])c([2H])c2c(c1[2H])c1c([2H])c([2H])c([2H])c([2H])c1n2-c1cc(-c2c(-c3cccc4oc5ccccc5c34)cccc2-n2c3ccccc3c3ccccc32)nc(-n2c3c([2H])c([2H])c([2H])c([2H])c3c3c([2H])c([2H])c([2H])c([2H])c32)c1. The molecule has 0 unspecified atom stereocenters. The molecule has 0 N–H and O–H groups in total. The second kappa shape index (κ2) is 13.4. The van der Waals surface area contributed by atoms with Crippen molar-refractivity contribution >= 4 is 87.4 Å². The molecule has 0 aliphatic carbocycles. The van der Waals surface area contributed by atoms with Gasteiger partial charge in [-0.1, -0.05) is 151 Å². The van der Waals surface area contributed by atoms with Crippen molar-refractivity contribution in [3.8, 4) is 39.6 Å². The first kappa shape index (κ1) is 23.0. The zero-order valence-electron chi connectivity index (χ0n) is 49.2. The first-order valence-electron chi connectivity index (χ1n) is 28.5. The zero-order chi connectivity index (χ0) is 55.8. The van der Waals surface area contributed by atoms with Crippen LogP contribution in [-0.2, 0) is 0 Å². The van der Waals surface area contributed by atoms with Crippen molar-refractivity contribution in [2.45, 2.75) is 0 Å². The lowest BCUT2D eigenvalue weighted by Crippen LogP contribution is -2.06. The molecule has 14 aromatic rings. The largest absolute Gasteiger partial charge is 0.456 e. The maximum atomic E-state index is 9.54. The fraction of sp³-hybridized carbons (Fsp3) is 0. The van der Waals surface area contributed by atoms with Gasteiger partial charge in [0.05, 0.1) is 72.1 Å². The zero-order valence-corrected chi connectivity index (χ0v) is 33.2. The van der Waals surface area contributed by atoms with E-state index in [0.717, 1.165) is 32.6 Å². The van der Waals surface area contributed by atoms with Crippen molar-refractivity contribution in [2.75, 3.05) is 0 Å². The Morgan fingerprint density at radius 2 is 0.891 bits per heavy atom. The Bertz CT molecular complexity index is 4780. The highest BCUT2D eigenvalue weighted by molar-refractivity contribution is 6.16. The van der Waals surface area contributed by atoms with Crippen LogP contribution in [0.3, 0.4) is 0 Å². The van der Waals surface area contributed by atoms with Gasteiger partial charge in [0.15, 0.2) is 0 Å². The minimum atomic E-state index is -0.674. The number of hydrogen-bond acceptors (Lipinski definition) is 2. The number of para-hydroxylation sites is 7. The lowest BCUT2D eigenvalue weighted by molar-refractivity contribution is 0.669. The van der Waals surface area contributed by atoms with Crippen molar-refractivity contribution in [2.24, 2.45) is 0 Å². The summed E-state index contributed by atoms with van der Waals surface area (Å²) in [4.78, 5) is 5.46.